The Morgan fingerprint density at radius 2 is 1.37 bits per heavy atom. The van der Waals surface area contributed by atoms with E-state index in [0.717, 1.165) is 31.2 Å². The number of amides is 3. The molecule has 4 fully saturated rings. The van der Waals surface area contributed by atoms with E-state index in [4.69, 9.17) is 9.47 Å². The molecule has 1 aromatic rings. The van der Waals surface area contributed by atoms with Gasteiger partial charge in [0.1, 0.15) is 23.9 Å². The third-order valence-corrected chi connectivity index (χ3v) is 13.6. The molecule has 4 heterocycles. The van der Waals surface area contributed by atoms with Gasteiger partial charge in [-0.3, -0.25) is 19.2 Å². The minimum Gasteiger partial charge on any atom is -0.467 e. The van der Waals surface area contributed by atoms with Crippen molar-refractivity contribution in [2.24, 2.45) is 17.8 Å². The van der Waals surface area contributed by atoms with E-state index in [1.54, 1.807) is 33.3 Å². The molecular weight excluding hydrogens is 707 g/mol. The van der Waals surface area contributed by atoms with Crippen LogP contribution in [0.3, 0.4) is 0 Å². The lowest BCUT2D eigenvalue weighted by Crippen LogP contribution is -2.57. The molecule has 0 spiro atoms. The molecule has 3 amide bonds. The normalized spacial score (nSPS) is 27.6. The van der Waals surface area contributed by atoms with E-state index in [9.17, 15) is 33.9 Å². The summed E-state index contributed by atoms with van der Waals surface area (Å²) < 4.78 is 10.1. The molecule has 4 aliphatic rings. The molecule has 0 aliphatic carbocycles. The van der Waals surface area contributed by atoms with Crippen LogP contribution in [0.25, 0.3) is 0 Å². The van der Waals surface area contributed by atoms with Gasteiger partial charge in [-0.15, -0.1) is 23.5 Å². The van der Waals surface area contributed by atoms with Crippen LogP contribution in [0.15, 0.2) is 30.3 Å². The van der Waals surface area contributed by atoms with Crippen LogP contribution in [0.5, 0.6) is 0 Å². The van der Waals surface area contributed by atoms with Crippen LogP contribution >= 0.6 is 23.5 Å². The summed E-state index contributed by atoms with van der Waals surface area (Å²) in [5, 5.41) is 12.7. The molecule has 0 saturated carbocycles. The highest BCUT2D eigenvalue weighted by atomic mass is 32.2. The number of aliphatic hydroxyl groups is 1. The van der Waals surface area contributed by atoms with Crippen LogP contribution < -0.4 is 5.32 Å². The number of fused-ring (bicyclic) bond motifs is 2. The summed E-state index contributed by atoms with van der Waals surface area (Å²) >= 11 is 3.27. The molecule has 12 nitrogen and oxygen atoms in total. The van der Waals surface area contributed by atoms with Crippen molar-refractivity contribution >= 4 is 59.0 Å². The van der Waals surface area contributed by atoms with Gasteiger partial charge >= 0.3 is 11.9 Å². The second-order valence-electron chi connectivity index (χ2n) is 14.3. The second kappa shape index (κ2) is 19.3. The number of benzene rings is 1. The lowest BCUT2D eigenvalue weighted by Gasteiger charge is -2.40. The Morgan fingerprint density at radius 1 is 0.788 bits per heavy atom. The highest BCUT2D eigenvalue weighted by Gasteiger charge is 2.45. The van der Waals surface area contributed by atoms with E-state index < -0.39 is 47.8 Å². The number of nitrogens with zero attached hydrogens (tertiary/aromatic N) is 2. The van der Waals surface area contributed by atoms with Crippen LogP contribution in [0, 0.1) is 17.8 Å². The molecule has 0 aromatic heterocycles. The lowest BCUT2D eigenvalue weighted by molar-refractivity contribution is -0.157. The highest BCUT2D eigenvalue weighted by Crippen LogP contribution is 2.38. The summed E-state index contributed by atoms with van der Waals surface area (Å²) in [6, 6.07) is 7.44. The standard InChI is InChI=1S/C38H53N3O9S2/c1-49-37(47)29-10-6-12-32-40(29)35(45)27(17-20-51-32)23-31(43)25(16-19-42)14-15-26(22-24-8-4-3-5-9-24)34(44)39-28-18-21-52-33-13-7-11-30(38(48)50-2)41(33)36(28)46/h3-5,8-9,25-30,32-33,42H,6-7,10-23H2,1-2H3,(H,39,44)/t25-,26-,27-,28+,29+,30+,32+,33+/m1/s1. The fourth-order valence-corrected chi connectivity index (χ4v) is 11.0. The van der Waals surface area contributed by atoms with Gasteiger partial charge in [0, 0.05) is 30.8 Å². The summed E-state index contributed by atoms with van der Waals surface area (Å²) in [7, 11) is 2.65. The third-order valence-electron chi connectivity index (χ3n) is 11.0. The number of carbonyl (C=O) groups is 6. The Labute approximate surface area is 314 Å². The predicted octanol–water partition coefficient (Wildman–Crippen LogP) is 3.72. The summed E-state index contributed by atoms with van der Waals surface area (Å²) in [5.41, 5.74) is 0.940. The molecule has 4 aliphatic heterocycles. The van der Waals surface area contributed by atoms with Crippen LogP contribution in [0.1, 0.15) is 82.6 Å². The zero-order valence-corrected chi connectivity index (χ0v) is 31.9. The third kappa shape index (κ3) is 9.71. The van der Waals surface area contributed by atoms with Crippen LogP contribution in [0.2, 0.25) is 0 Å². The molecule has 1 aromatic carbocycles. The Hall–Kier alpha value is -3.10. The van der Waals surface area contributed by atoms with E-state index in [1.165, 1.54) is 14.2 Å². The molecule has 5 rings (SSSR count). The van der Waals surface area contributed by atoms with E-state index in [0.29, 0.717) is 56.5 Å². The van der Waals surface area contributed by atoms with Gasteiger partial charge in [0.25, 0.3) is 0 Å². The van der Waals surface area contributed by atoms with Gasteiger partial charge < -0.3 is 29.7 Å². The van der Waals surface area contributed by atoms with Gasteiger partial charge in [0.15, 0.2) is 0 Å². The molecule has 52 heavy (non-hydrogen) atoms. The number of hydrogen-bond acceptors (Lipinski definition) is 11. The number of ketones is 1. The number of Topliss-reactive ketones (excluding diaryl/α,β-unsaturated/α-hetero) is 1. The number of nitrogens with one attached hydrogen (secondary N) is 1. The molecule has 0 unspecified atom stereocenters. The molecule has 2 N–H and O–H groups in total. The van der Waals surface area contributed by atoms with Crippen LogP contribution in [0.4, 0.5) is 0 Å². The molecule has 14 heteroatoms. The lowest BCUT2D eigenvalue weighted by atomic mass is 9.83. The summed E-state index contributed by atoms with van der Waals surface area (Å²) in [5.74, 6) is -2.16. The molecular formula is C38H53N3O9S2. The fourth-order valence-electron chi connectivity index (χ4n) is 8.16. The average molecular weight is 760 g/mol. The van der Waals surface area contributed by atoms with Crippen LogP contribution in [-0.4, -0.2) is 112 Å². The monoisotopic (exact) mass is 759 g/mol. The SMILES string of the molecule is COC(=O)[C@@H]1CCC[C@@H]2SCC[C@H](CC(=O)[C@@H](CCO)CC[C@H](Cc3ccccc3)C(=O)N[C@H]3CCS[C@H]4CCC[C@@H](C(=O)OC)N4C3=O)C(=O)N21. The van der Waals surface area contributed by atoms with Crippen molar-refractivity contribution in [3.8, 4) is 0 Å². The Kier molecular flexibility index (Phi) is 14.9. The van der Waals surface area contributed by atoms with Crippen LogP contribution in [-0.2, 0) is 44.7 Å². The molecule has 0 radical (unpaired) electrons. The van der Waals surface area contributed by atoms with E-state index in [1.807, 2.05) is 30.3 Å². The van der Waals surface area contributed by atoms with Crippen molar-refractivity contribution in [2.45, 2.75) is 112 Å². The zero-order chi connectivity index (χ0) is 37.2. The van der Waals surface area contributed by atoms with E-state index in [2.05, 4.69) is 5.32 Å². The molecule has 286 valence electrons. The van der Waals surface area contributed by atoms with Gasteiger partial charge in [-0.05, 0) is 94.1 Å². The maximum atomic E-state index is 14.1. The van der Waals surface area contributed by atoms with Crippen molar-refractivity contribution in [3.63, 3.8) is 0 Å². The fraction of sp³-hybridized carbons (Fsp3) is 0.684. The molecule has 8 atom stereocenters. The average Bonchev–Trinajstić information content (AvgIpc) is 3.42. The number of esters is 2. The number of hydrogen-bond donors (Lipinski definition) is 2. The number of ether oxygens (including phenoxy) is 2. The molecule has 4 saturated heterocycles. The number of aliphatic hydroxyl groups excluding tert-OH is 1. The first-order valence-corrected chi connectivity index (χ1v) is 20.8. The maximum absolute atomic E-state index is 14.1. The smallest absolute Gasteiger partial charge is 0.328 e. The Bertz CT molecular complexity index is 1430. The van der Waals surface area contributed by atoms with Crippen molar-refractivity contribution in [3.05, 3.63) is 35.9 Å². The van der Waals surface area contributed by atoms with Gasteiger partial charge in [0.2, 0.25) is 17.7 Å². The second-order valence-corrected chi connectivity index (χ2v) is 16.8. The number of carbonyl (C=O) groups excluding carboxylic acids is 6. The Balaban J connectivity index is 1.28. The largest absolute Gasteiger partial charge is 0.467 e. The van der Waals surface area contributed by atoms with Gasteiger partial charge in [-0.25, -0.2) is 9.59 Å². The highest BCUT2D eigenvalue weighted by molar-refractivity contribution is 8.00. The number of piperidine rings is 2. The first-order valence-electron chi connectivity index (χ1n) is 18.7. The minimum absolute atomic E-state index is 0.00330. The number of rotatable bonds is 14. The summed E-state index contributed by atoms with van der Waals surface area (Å²) in [6.07, 6.45) is 6.45. The topological polar surface area (TPSA) is 160 Å². The summed E-state index contributed by atoms with van der Waals surface area (Å²) in [6.45, 7) is -0.217. The Morgan fingerprint density at radius 3 is 1.96 bits per heavy atom. The zero-order valence-electron chi connectivity index (χ0n) is 30.2. The first-order chi connectivity index (χ1) is 25.2. The van der Waals surface area contributed by atoms with Crippen molar-refractivity contribution in [1.29, 1.82) is 0 Å². The number of thioether (sulfide) groups is 2. The summed E-state index contributed by atoms with van der Waals surface area (Å²) in [4.78, 5) is 84.3. The van der Waals surface area contributed by atoms with Crippen molar-refractivity contribution in [1.82, 2.24) is 15.1 Å². The van der Waals surface area contributed by atoms with Gasteiger partial charge in [-0.1, -0.05) is 30.3 Å². The first kappa shape index (κ1) is 40.1. The minimum atomic E-state index is -0.796. The predicted molar refractivity (Wildman–Crippen MR) is 198 cm³/mol. The van der Waals surface area contributed by atoms with Gasteiger partial charge in [-0.2, -0.15) is 0 Å². The van der Waals surface area contributed by atoms with E-state index >= 15 is 0 Å². The number of methoxy groups -OCH3 is 2. The van der Waals surface area contributed by atoms with Crippen molar-refractivity contribution < 1.29 is 43.3 Å². The van der Waals surface area contributed by atoms with Crippen molar-refractivity contribution in [2.75, 3.05) is 32.3 Å². The quantitative estimate of drug-likeness (QED) is 0.266. The van der Waals surface area contributed by atoms with Gasteiger partial charge in [0.05, 0.1) is 25.0 Å². The van der Waals surface area contributed by atoms with E-state index in [-0.39, 0.29) is 53.7 Å². The maximum Gasteiger partial charge on any atom is 0.328 e. The molecule has 0 bridgehead atoms.